The molecule has 0 aliphatic heterocycles. The quantitative estimate of drug-likeness (QED) is 0.637. The monoisotopic (exact) mass is 388 g/mol. The number of hydrogen-bond donors (Lipinski definition) is 2. The molecule has 0 bridgehead atoms. The maximum atomic E-state index is 12.7. The minimum absolute atomic E-state index is 0.0603. The number of unbranched alkanes of at least 4 members (excludes halogenated alkanes) is 2. The molecule has 1 aromatic heterocycles. The minimum atomic E-state index is -0.649. The number of nitrogens with zero attached hydrogens (tertiary/aromatic N) is 2. The van der Waals surface area contributed by atoms with Crippen molar-refractivity contribution in [3.05, 3.63) is 40.4 Å². The molecule has 1 heterocycles. The Balaban J connectivity index is 2.00. The first-order chi connectivity index (χ1) is 12.9. The number of aromatic nitrogens is 2. The van der Waals surface area contributed by atoms with Crippen LogP contribution in [0.5, 0.6) is 0 Å². The van der Waals surface area contributed by atoms with E-state index in [1.54, 1.807) is 6.07 Å². The Morgan fingerprint density at radius 3 is 2.56 bits per heavy atom. The molecule has 2 aromatic rings. The zero-order valence-electron chi connectivity index (χ0n) is 16.4. The van der Waals surface area contributed by atoms with E-state index in [-0.39, 0.29) is 17.7 Å². The third-order valence-corrected chi connectivity index (χ3v) is 5.22. The molecule has 0 aliphatic rings. The van der Waals surface area contributed by atoms with Crippen molar-refractivity contribution in [2.45, 2.75) is 59.4 Å². The van der Waals surface area contributed by atoms with Crippen molar-refractivity contribution in [3.8, 4) is 0 Å². The number of hydrogen-bond acceptors (Lipinski definition) is 5. The lowest BCUT2D eigenvalue weighted by atomic mass is 10.0. The number of carbonyl (C=O) groups is 2. The van der Waals surface area contributed by atoms with E-state index < -0.39 is 6.04 Å². The average molecular weight is 389 g/mol. The highest BCUT2D eigenvalue weighted by Crippen LogP contribution is 2.18. The Morgan fingerprint density at radius 1 is 1.15 bits per heavy atom. The highest BCUT2D eigenvalue weighted by molar-refractivity contribution is 7.15. The first-order valence-corrected chi connectivity index (χ1v) is 10.2. The molecule has 2 amide bonds. The molecule has 2 rings (SSSR count). The van der Waals surface area contributed by atoms with Gasteiger partial charge in [-0.05, 0) is 30.9 Å². The summed E-state index contributed by atoms with van der Waals surface area (Å²) in [6, 6.07) is 6.68. The van der Waals surface area contributed by atoms with Crippen LogP contribution in [0, 0.1) is 12.8 Å². The van der Waals surface area contributed by atoms with E-state index in [4.69, 9.17) is 0 Å². The molecule has 7 heteroatoms. The second-order valence-corrected chi connectivity index (χ2v) is 8.02. The van der Waals surface area contributed by atoms with Crippen molar-refractivity contribution >= 4 is 28.3 Å². The molecule has 146 valence electrons. The molecule has 0 radical (unpaired) electrons. The summed E-state index contributed by atoms with van der Waals surface area (Å²) in [7, 11) is 0. The van der Waals surface area contributed by atoms with Crippen LogP contribution in [-0.2, 0) is 11.2 Å². The van der Waals surface area contributed by atoms with Gasteiger partial charge >= 0.3 is 0 Å². The van der Waals surface area contributed by atoms with Gasteiger partial charge in [0, 0.05) is 12.0 Å². The lowest BCUT2D eigenvalue weighted by Gasteiger charge is -2.21. The fraction of sp³-hybridized carbons (Fsp3) is 0.500. The van der Waals surface area contributed by atoms with E-state index in [0.29, 0.717) is 10.7 Å². The molecule has 1 atom stereocenters. The van der Waals surface area contributed by atoms with Gasteiger partial charge in [-0.3, -0.25) is 14.9 Å². The van der Waals surface area contributed by atoms with Gasteiger partial charge in [0.25, 0.3) is 5.91 Å². The van der Waals surface area contributed by atoms with Crippen LogP contribution in [-0.4, -0.2) is 28.1 Å². The number of anilines is 1. The fourth-order valence-corrected chi connectivity index (χ4v) is 3.48. The SMILES string of the molecule is CCCCCc1nnc(NC(=O)C(NC(=O)c2ccccc2C)C(C)C)s1. The van der Waals surface area contributed by atoms with Crippen molar-refractivity contribution in [3.63, 3.8) is 0 Å². The number of nitrogens with one attached hydrogen (secondary N) is 2. The minimum Gasteiger partial charge on any atom is -0.340 e. The molecular formula is C20H28N4O2S. The standard InChI is InChI=1S/C20H28N4O2S/c1-5-6-7-12-16-23-24-20(27-16)22-19(26)17(13(2)3)21-18(25)15-11-9-8-10-14(15)4/h8-11,13,17H,5-7,12H2,1-4H3,(H,21,25)(H,22,24,26). The first-order valence-electron chi connectivity index (χ1n) is 9.42. The van der Waals surface area contributed by atoms with Gasteiger partial charge in [0.1, 0.15) is 11.0 Å². The topological polar surface area (TPSA) is 84.0 Å². The third-order valence-electron chi connectivity index (χ3n) is 4.32. The Hall–Kier alpha value is -2.28. The fourth-order valence-electron chi connectivity index (χ4n) is 2.70. The van der Waals surface area contributed by atoms with E-state index >= 15 is 0 Å². The van der Waals surface area contributed by atoms with E-state index in [2.05, 4.69) is 27.8 Å². The third kappa shape index (κ3) is 6.13. The summed E-state index contributed by atoms with van der Waals surface area (Å²) in [5.41, 5.74) is 1.45. The average Bonchev–Trinajstić information content (AvgIpc) is 3.07. The van der Waals surface area contributed by atoms with Gasteiger partial charge in [0.15, 0.2) is 0 Å². The zero-order chi connectivity index (χ0) is 19.8. The predicted molar refractivity (Wildman–Crippen MR) is 109 cm³/mol. The Bertz CT molecular complexity index is 773. The number of benzene rings is 1. The van der Waals surface area contributed by atoms with E-state index in [9.17, 15) is 9.59 Å². The molecule has 0 aliphatic carbocycles. The lowest BCUT2D eigenvalue weighted by Crippen LogP contribution is -2.47. The van der Waals surface area contributed by atoms with Crippen LogP contribution in [0.3, 0.4) is 0 Å². The number of rotatable bonds is 9. The van der Waals surface area contributed by atoms with E-state index in [0.717, 1.165) is 36.3 Å². The number of amides is 2. The summed E-state index contributed by atoms with van der Waals surface area (Å²) in [4.78, 5) is 25.3. The van der Waals surface area contributed by atoms with Crippen LogP contribution in [0.2, 0.25) is 0 Å². The first kappa shape index (κ1) is 21.0. The van der Waals surface area contributed by atoms with Gasteiger partial charge in [-0.15, -0.1) is 10.2 Å². The van der Waals surface area contributed by atoms with Crippen molar-refractivity contribution in [1.82, 2.24) is 15.5 Å². The summed E-state index contributed by atoms with van der Waals surface area (Å²) >= 11 is 1.39. The molecule has 1 unspecified atom stereocenters. The largest absolute Gasteiger partial charge is 0.340 e. The molecule has 2 N–H and O–H groups in total. The highest BCUT2D eigenvalue weighted by Gasteiger charge is 2.26. The summed E-state index contributed by atoms with van der Waals surface area (Å²) in [5, 5.41) is 15.2. The molecular weight excluding hydrogens is 360 g/mol. The number of carbonyl (C=O) groups excluding carboxylic acids is 2. The normalized spacial score (nSPS) is 12.0. The summed E-state index contributed by atoms with van der Waals surface area (Å²) in [5.74, 6) is -0.586. The maximum absolute atomic E-state index is 12.7. The zero-order valence-corrected chi connectivity index (χ0v) is 17.2. The smallest absolute Gasteiger partial charge is 0.252 e. The molecule has 0 spiro atoms. The Morgan fingerprint density at radius 2 is 1.89 bits per heavy atom. The molecule has 0 saturated heterocycles. The van der Waals surface area contributed by atoms with Crippen LogP contribution in [0.25, 0.3) is 0 Å². The molecule has 1 aromatic carbocycles. The lowest BCUT2D eigenvalue weighted by molar-refractivity contribution is -0.118. The van der Waals surface area contributed by atoms with Crippen LogP contribution < -0.4 is 10.6 Å². The second-order valence-electron chi connectivity index (χ2n) is 6.96. The number of aryl methyl sites for hydroxylation is 2. The van der Waals surface area contributed by atoms with Gasteiger partial charge in [-0.25, -0.2) is 0 Å². The molecule has 6 nitrogen and oxygen atoms in total. The predicted octanol–water partition coefficient (Wildman–Crippen LogP) is 3.97. The van der Waals surface area contributed by atoms with Crippen LogP contribution in [0.1, 0.15) is 61.0 Å². The van der Waals surface area contributed by atoms with Crippen molar-refractivity contribution < 1.29 is 9.59 Å². The van der Waals surface area contributed by atoms with Crippen molar-refractivity contribution in [2.24, 2.45) is 5.92 Å². The van der Waals surface area contributed by atoms with Crippen molar-refractivity contribution in [1.29, 1.82) is 0 Å². The highest BCUT2D eigenvalue weighted by atomic mass is 32.1. The molecule has 0 saturated carbocycles. The van der Waals surface area contributed by atoms with Gasteiger partial charge in [-0.2, -0.15) is 0 Å². The summed E-state index contributed by atoms with van der Waals surface area (Å²) in [6.45, 7) is 7.83. The summed E-state index contributed by atoms with van der Waals surface area (Å²) < 4.78 is 0. The van der Waals surface area contributed by atoms with Crippen LogP contribution in [0.15, 0.2) is 24.3 Å². The Kier molecular flexibility index (Phi) is 7.91. The van der Waals surface area contributed by atoms with Crippen molar-refractivity contribution in [2.75, 3.05) is 5.32 Å². The van der Waals surface area contributed by atoms with Gasteiger partial charge in [0.05, 0.1) is 0 Å². The van der Waals surface area contributed by atoms with E-state index in [1.165, 1.54) is 11.3 Å². The second kappa shape index (κ2) is 10.2. The Labute approximate surface area is 164 Å². The van der Waals surface area contributed by atoms with Crippen LogP contribution in [0.4, 0.5) is 5.13 Å². The maximum Gasteiger partial charge on any atom is 0.252 e. The van der Waals surface area contributed by atoms with Gasteiger partial charge in [0.2, 0.25) is 11.0 Å². The van der Waals surface area contributed by atoms with Gasteiger partial charge < -0.3 is 5.32 Å². The van der Waals surface area contributed by atoms with Crippen LogP contribution >= 0.6 is 11.3 Å². The van der Waals surface area contributed by atoms with E-state index in [1.807, 2.05) is 39.0 Å². The molecule has 27 heavy (non-hydrogen) atoms. The molecule has 0 fully saturated rings. The summed E-state index contributed by atoms with van der Waals surface area (Å²) in [6.07, 6.45) is 4.25. The van der Waals surface area contributed by atoms with Gasteiger partial charge in [-0.1, -0.05) is 63.1 Å².